The van der Waals surface area contributed by atoms with Crippen LogP contribution in [0.1, 0.15) is 18.4 Å². The zero-order chi connectivity index (χ0) is 25.8. The minimum Gasteiger partial charge on any atom is -0.437 e. The summed E-state index contributed by atoms with van der Waals surface area (Å²) in [6.45, 7) is 5.77. The molecule has 7 nitrogen and oxygen atoms in total. The lowest BCUT2D eigenvalue weighted by Gasteiger charge is -2.29. The number of ether oxygens (including phenoxy) is 1. The van der Waals surface area contributed by atoms with Gasteiger partial charge in [0.15, 0.2) is 0 Å². The van der Waals surface area contributed by atoms with Gasteiger partial charge in [-0.2, -0.15) is 4.98 Å². The number of carbonyl (C=O) groups excluding carboxylic acids is 1. The number of fused-ring (bicyclic) bond motifs is 1. The Kier molecular flexibility index (Phi) is 7.69. The van der Waals surface area contributed by atoms with Crippen LogP contribution < -0.4 is 15.4 Å². The van der Waals surface area contributed by atoms with E-state index in [-0.39, 0.29) is 5.91 Å². The van der Waals surface area contributed by atoms with E-state index in [1.807, 2.05) is 23.6 Å². The van der Waals surface area contributed by atoms with E-state index in [1.54, 1.807) is 24.3 Å². The van der Waals surface area contributed by atoms with Gasteiger partial charge in [0.2, 0.25) is 17.7 Å². The molecule has 2 N–H and O–H groups in total. The van der Waals surface area contributed by atoms with Gasteiger partial charge in [-0.3, -0.25) is 4.79 Å². The Balaban J connectivity index is 1.33. The van der Waals surface area contributed by atoms with Gasteiger partial charge in [-0.1, -0.05) is 30.3 Å². The maximum absolute atomic E-state index is 11.7. The predicted octanol–water partition coefficient (Wildman–Crippen LogP) is 6.89. The summed E-state index contributed by atoms with van der Waals surface area (Å²) in [5.74, 6) is 1.76. The summed E-state index contributed by atoms with van der Waals surface area (Å²) >= 11 is 8.17. The SMILES string of the molecule is C=CC(=O)Nc1cccc(Oc2nc(Nc3ccc(CC4CCN(C)CC4)c(Cl)c3)nc3ccsc23)c1. The van der Waals surface area contributed by atoms with Gasteiger partial charge in [0.05, 0.1) is 5.52 Å². The molecule has 0 aliphatic carbocycles. The van der Waals surface area contributed by atoms with Crippen molar-refractivity contribution in [3.63, 3.8) is 0 Å². The van der Waals surface area contributed by atoms with E-state index in [2.05, 4.69) is 45.2 Å². The lowest BCUT2D eigenvalue weighted by atomic mass is 9.90. The van der Waals surface area contributed by atoms with Gasteiger partial charge in [0.25, 0.3) is 0 Å². The summed E-state index contributed by atoms with van der Waals surface area (Å²) < 4.78 is 6.96. The number of halogens is 1. The number of rotatable bonds is 8. The molecule has 4 aromatic rings. The van der Waals surface area contributed by atoms with Crippen LogP contribution in [0, 0.1) is 5.92 Å². The molecule has 1 saturated heterocycles. The van der Waals surface area contributed by atoms with Gasteiger partial charge in [-0.15, -0.1) is 11.3 Å². The molecule has 0 radical (unpaired) electrons. The summed E-state index contributed by atoms with van der Waals surface area (Å²) in [5, 5.41) is 8.71. The number of anilines is 3. The largest absolute Gasteiger partial charge is 0.437 e. The number of nitrogens with one attached hydrogen (secondary N) is 2. The molecule has 0 unspecified atom stereocenters. The topological polar surface area (TPSA) is 79.4 Å². The molecule has 1 aliphatic heterocycles. The minimum absolute atomic E-state index is 0.289. The highest BCUT2D eigenvalue weighted by Crippen LogP contribution is 2.34. The maximum Gasteiger partial charge on any atom is 0.247 e. The van der Waals surface area contributed by atoms with Crippen molar-refractivity contribution in [2.24, 2.45) is 5.92 Å². The third-order valence-electron chi connectivity index (χ3n) is 6.43. The number of hydrogen-bond acceptors (Lipinski definition) is 7. The Bertz CT molecular complexity index is 1430. The second kappa shape index (κ2) is 11.3. The molecule has 0 bridgehead atoms. The average Bonchev–Trinajstić information content (AvgIpc) is 3.36. The third kappa shape index (κ3) is 6.28. The highest BCUT2D eigenvalue weighted by atomic mass is 35.5. The highest BCUT2D eigenvalue weighted by Gasteiger charge is 2.18. The number of carbonyl (C=O) groups is 1. The van der Waals surface area contributed by atoms with Gasteiger partial charge in [-0.25, -0.2) is 4.98 Å². The normalized spacial score (nSPS) is 14.4. The molecule has 0 spiro atoms. The smallest absolute Gasteiger partial charge is 0.247 e. The molecule has 3 heterocycles. The first-order valence-electron chi connectivity index (χ1n) is 12.2. The summed E-state index contributed by atoms with van der Waals surface area (Å²) in [4.78, 5) is 23.3. The molecule has 0 atom stereocenters. The first kappa shape index (κ1) is 25.2. The Morgan fingerprint density at radius 3 is 2.81 bits per heavy atom. The van der Waals surface area contributed by atoms with Crippen LogP contribution >= 0.6 is 22.9 Å². The van der Waals surface area contributed by atoms with E-state index in [4.69, 9.17) is 16.3 Å². The highest BCUT2D eigenvalue weighted by molar-refractivity contribution is 7.17. The van der Waals surface area contributed by atoms with Crippen LogP contribution in [-0.4, -0.2) is 40.9 Å². The number of thiophene rings is 1. The second-order valence-corrected chi connectivity index (χ2v) is 10.5. The number of aromatic nitrogens is 2. The van der Waals surface area contributed by atoms with Gasteiger partial charge in [-0.05, 0) is 92.7 Å². The molecule has 2 aromatic heterocycles. The van der Waals surface area contributed by atoms with E-state index >= 15 is 0 Å². The fourth-order valence-electron chi connectivity index (χ4n) is 4.40. The zero-order valence-electron chi connectivity index (χ0n) is 20.5. The predicted molar refractivity (Wildman–Crippen MR) is 151 cm³/mol. The summed E-state index contributed by atoms with van der Waals surface area (Å²) in [6, 6.07) is 15.1. The van der Waals surface area contributed by atoms with Gasteiger partial charge in [0, 0.05) is 22.5 Å². The second-order valence-electron chi connectivity index (χ2n) is 9.19. The van der Waals surface area contributed by atoms with E-state index in [9.17, 15) is 4.79 Å². The number of benzene rings is 2. The first-order valence-corrected chi connectivity index (χ1v) is 13.4. The van der Waals surface area contributed by atoms with Crippen LogP contribution in [-0.2, 0) is 11.2 Å². The number of nitrogens with zero attached hydrogens (tertiary/aromatic N) is 3. The molecule has 1 fully saturated rings. The van der Waals surface area contributed by atoms with E-state index < -0.39 is 0 Å². The van der Waals surface area contributed by atoms with Crippen LogP contribution in [0.3, 0.4) is 0 Å². The zero-order valence-corrected chi connectivity index (χ0v) is 22.1. The van der Waals surface area contributed by atoms with Gasteiger partial charge >= 0.3 is 0 Å². The van der Waals surface area contributed by atoms with Crippen molar-refractivity contribution < 1.29 is 9.53 Å². The molecule has 190 valence electrons. The fourth-order valence-corrected chi connectivity index (χ4v) is 5.41. The molecule has 9 heteroatoms. The van der Waals surface area contributed by atoms with E-state index in [0.29, 0.717) is 29.2 Å². The number of piperidine rings is 1. The van der Waals surface area contributed by atoms with Crippen LogP contribution in [0.25, 0.3) is 10.2 Å². The Hall–Kier alpha value is -3.46. The van der Waals surface area contributed by atoms with Crippen LogP contribution in [0.2, 0.25) is 5.02 Å². The summed E-state index contributed by atoms with van der Waals surface area (Å²) in [7, 11) is 2.18. The minimum atomic E-state index is -0.289. The van der Waals surface area contributed by atoms with Crippen molar-refractivity contribution in [3.05, 3.63) is 77.2 Å². The Morgan fingerprint density at radius 1 is 1.19 bits per heavy atom. The maximum atomic E-state index is 11.7. The van der Waals surface area contributed by atoms with Crippen molar-refractivity contribution in [1.29, 1.82) is 0 Å². The van der Waals surface area contributed by atoms with E-state index in [1.165, 1.54) is 35.8 Å². The molecular formula is C28H28ClN5O2S. The van der Waals surface area contributed by atoms with Crippen molar-refractivity contribution in [2.45, 2.75) is 19.3 Å². The molecule has 1 amide bonds. The fraction of sp³-hybridized carbons (Fsp3) is 0.250. The van der Waals surface area contributed by atoms with Crippen LogP contribution in [0.5, 0.6) is 11.6 Å². The molecule has 0 saturated carbocycles. The Labute approximate surface area is 225 Å². The van der Waals surface area contributed by atoms with Crippen LogP contribution in [0.15, 0.2) is 66.6 Å². The quantitative estimate of drug-likeness (QED) is 0.240. The lowest BCUT2D eigenvalue weighted by molar-refractivity contribution is -0.111. The molecule has 5 rings (SSSR count). The molecule has 1 aliphatic rings. The van der Waals surface area contributed by atoms with Gasteiger partial charge in [0.1, 0.15) is 10.4 Å². The van der Waals surface area contributed by atoms with Crippen LogP contribution in [0.4, 0.5) is 17.3 Å². The van der Waals surface area contributed by atoms with E-state index in [0.717, 1.165) is 40.4 Å². The molecule has 2 aromatic carbocycles. The van der Waals surface area contributed by atoms with Crippen molar-refractivity contribution in [2.75, 3.05) is 30.8 Å². The van der Waals surface area contributed by atoms with Crippen molar-refractivity contribution in [3.8, 4) is 11.6 Å². The Morgan fingerprint density at radius 2 is 2.03 bits per heavy atom. The molecular weight excluding hydrogens is 506 g/mol. The number of hydrogen-bond donors (Lipinski definition) is 2. The summed E-state index contributed by atoms with van der Waals surface area (Å²) in [6.07, 6.45) is 4.62. The lowest BCUT2D eigenvalue weighted by Crippen LogP contribution is -2.30. The third-order valence-corrected chi connectivity index (χ3v) is 7.67. The summed E-state index contributed by atoms with van der Waals surface area (Å²) in [5.41, 5.74) is 3.36. The van der Waals surface area contributed by atoms with Crippen molar-refractivity contribution in [1.82, 2.24) is 14.9 Å². The van der Waals surface area contributed by atoms with Gasteiger partial charge < -0.3 is 20.3 Å². The monoisotopic (exact) mass is 533 g/mol. The number of likely N-dealkylation sites (tertiary alicyclic amines) is 1. The van der Waals surface area contributed by atoms with Crippen molar-refractivity contribution >= 4 is 56.4 Å². The standard InChI is InChI=1S/C28H28ClN5O2S/c1-3-25(35)30-20-5-4-6-22(16-20)36-27-26-24(11-14-37-26)32-28(33-27)31-21-8-7-19(23(29)17-21)15-18-9-12-34(2)13-10-18/h3-8,11,14,16-18H,1,9-10,12-13,15H2,2H3,(H,30,35)(H,31,32,33). The number of amides is 1. The average molecular weight is 534 g/mol. The molecule has 37 heavy (non-hydrogen) atoms. The first-order chi connectivity index (χ1) is 18.0.